The molecule has 0 saturated carbocycles. The highest BCUT2D eigenvalue weighted by molar-refractivity contribution is 7.99. The number of nitrogens with one attached hydrogen (secondary N) is 2. The third-order valence-electron chi connectivity index (χ3n) is 4.86. The van der Waals surface area contributed by atoms with Gasteiger partial charge in [0.15, 0.2) is 0 Å². The summed E-state index contributed by atoms with van der Waals surface area (Å²) < 4.78 is 54.6. The van der Waals surface area contributed by atoms with Gasteiger partial charge in [-0.2, -0.15) is 0 Å². The first kappa shape index (κ1) is 21.3. The van der Waals surface area contributed by atoms with Crippen molar-refractivity contribution in [2.75, 3.05) is 10.5 Å². The molecule has 1 aliphatic heterocycles. The van der Waals surface area contributed by atoms with Crippen molar-refractivity contribution in [3.8, 4) is 0 Å². The Bertz CT molecular complexity index is 1230. The summed E-state index contributed by atoms with van der Waals surface area (Å²) in [5.41, 5.74) is 0.837. The van der Waals surface area contributed by atoms with Gasteiger partial charge < -0.3 is 5.32 Å². The van der Waals surface area contributed by atoms with E-state index < -0.39 is 21.7 Å². The highest BCUT2D eigenvalue weighted by Crippen LogP contribution is 2.36. The number of anilines is 1. The number of carbonyl (C=O) groups excluding carboxylic acids is 1. The first-order valence-electron chi connectivity index (χ1n) is 9.44. The molecule has 3 aromatic rings. The summed E-state index contributed by atoms with van der Waals surface area (Å²) in [4.78, 5) is 13.5. The molecule has 3 aromatic carbocycles. The lowest BCUT2D eigenvalue weighted by Crippen LogP contribution is -2.30. The summed E-state index contributed by atoms with van der Waals surface area (Å²) in [6, 6.07) is 15.0. The molecule has 0 saturated heterocycles. The number of benzene rings is 3. The smallest absolute Gasteiger partial charge is 0.261 e. The van der Waals surface area contributed by atoms with Crippen LogP contribution in [0.5, 0.6) is 0 Å². The van der Waals surface area contributed by atoms with Gasteiger partial charge in [-0.3, -0.25) is 9.52 Å². The molecule has 160 valence electrons. The van der Waals surface area contributed by atoms with Gasteiger partial charge in [0.25, 0.3) is 15.9 Å². The van der Waals surface area contributed by atoms with Crippen LogP contribution in [0, 0.1) is 11.6 Å². The van der Waals surface area contributed by atoms with Crippen LogP contribution in [0.2, 0.25) is 0 Å². The van der Waals surface area contributed by atoms with Crippen molar-refractivity contribution in [3.05, 3.63) is 89.5 Å². The molecule has 0 spiro atoms. The molecule has 0 radical (unpaired) electrons. The average Bonchev–Trinajstić information content (AvgIpc) is 2.76. The van der Waals surface area contributed by atoms with Crippen molar-refractivity contribution in [2.45, 2.75) is 22.3 Å². The predicted molar refractivity (Wildman–Crippen MR) is 116 cm³/mol. The number of carbonyl (C=O) groups is 1. The second-order valence-corrected chi connectivity index (χ2v) is 9.77. The van der Waals surface area contributed by atoms with E-state index in [0.717, 1.165) is 22.3 Å². The standard InChI is InChI=1S/C22H18F2N2O3S2/c23-15-7-10-21-17(13-15)19(11-12-30-21)25-22(27)14-5-8-16(9-6-14)31(28,29)26-20-4-2-1-3-18(20)24/h1-10,13,19,26H,11-12H2,(H,25,27). The van der Waals surface area contributed by atoms with Gasteiger partial charge in [-0.15, -0.1) is 11.8 Å². The van der Waals surface area contributed by atoms with Crippen molar-refractivity contribution in [3.63, 3.8) is 0 Å². The fourth-order valence-corrected chi connectivity index (χ4v) is 5.46. The fraction of sp³-hybridized carbons (Fsp3) is 0.136. The monoisotopic (exact) mass is 460 g/mol. The SMILES string of the molecule is O=C(NC1CCSc2ccc(F)cc21)c1ccc(S(=O)(=O)Nc2ccccc2F)cc1. The van der Waals surface area contributed by atoms with Crippen LogP contribution in [0.4, 0.5) is 14.5 Å². The molecule has 0 fully saturated rings. The van der Waals surface area contributed by atoms with Crippen LogP contribution in [-0.2, 0) is 10.0 Å². The molecule has 1 aliphatic rings. The molecular weight excluding hydrogens is 442 g/mol. The van der Waals surface area contributed by atoms with Gasteiger partial charge in [0.2, 0.25) is 0 Å². The molecule has 2 N–H and O–H groups in total. The first-order chi connectivity index (χ1) is 14.8. The molecule has 1 amide bonds. The minimum Gasteiger partial charge on any atom is -0.345 e. The summed E-state index contributed by atoms with van der Waals surface area (Å²) in [5.74, 6) is -0.650. The number of para-hydroxylation sites is 1. The largest absolute Gasteiger partial charge is 0.345 e. The maximum atomic E-state index is 13.8. The fourth-order valence-electron chi connectivity index (χ4n) is 3.29. The zero-order valence-electron chi connectivity index (χ0n) is 16.1. The van der Waals surface area contributed by atoms with Gasteiger partial charge in [0.05, 0.1) is 16.6 Å². The molecule has 1 heterocycles. The van der Waals surface area contributed by atoms with E-state index >= 15 is 0 Å². The lowest BCUT2D eigenvalue weighted by Gasteiger charge is -2.26. The zero-order valence-corrected chi connectivity index (χ0v) is 17.8. The molecular formula is C22H18F2N2O3S2. The lowest BCUT2D eigenvalue weighted by molar-refractivity contribution is 0.0934. The van der Waals surface area contributed by atoms with Crippen LogP contribution in [0.25, 0.3) is 0 Å². The summed E-state index contributed by atoms with van der Waals surface area (Å²) in [7, 11) is -4.02. The lowest BCUT2D eigenvalue weighted by atomic mass is 10.0. The van der Waals surface area contributed by atoms with E-state index in [2.05, 4.69) is 10.0 Å². The van der Waals surface area contributed by atoms with E-state index in [9.17, 15) is 22.0 Å². The molecule has 0 bridgehead atoms. The number of halogens is 2. The Morgan fingerprint density at radius 3 is 2.48 bits per heavy atom. The molecule has 0 aliphatic carbocycles. The quantitative estimate of drug-likeness (QED) is 0.577. The van der Waals surface area contributed by atoms with Gasteiger partial charge in [-0.05, 0) is 66.6 Å². The van der Waals surface area contributed by atoms with Gasteiger partial charge in [-0.25, -0.2) is 17.2 Å². The van der Waals surface area contributed by atoms with Crippen molar-refractivity contribution in [2.24, 2.45) is 0 Å². The van der Waals surface area contributed by atoms with E-state index in [1.807, 2.05) is 0 Å². The zero-order chi connectivity index (χ0) is 22.0. The highest BCUT2D eigenvalue weighted by atomic mass is 32.2. The number of amides is 1. The summed E-state index contributed by atoms with van der Waals surface area (Å²) >= 11 is 1.61. The van der Waals surface area contributed by atoms with Gasteiger partial charge >= 0.3 is 0 Å². The van der Waals surface area contributed by atoms with Crippen LogP contribution < -0.4 is 10.0 Å². The summed E-state index contributed by atoms with van der Waals surface area (Å²) in [5, 5.41) is 2.89. The first-order valence-corrected chi connectivity index (χ1v) is 11.9. The Labute approximate surface area is 182 Å². The number of fused-ring (bicyclic) bond motifs is 1. The minimum absolute atomic E-state index is 0.103. The van der Waals surface area contributed by atoms with Crippen LogP contribution in [0.1, 0.15) is 28.4 Å². The number of hydrogen-bond acceptors (Lipinski definition) is 4. The third kappa shape index (κ3) is 4.72. The Morgan fingerprint density at radius 2 is 1.74 bits per heavy atom. The molecule has 31 heavy (non-hydrogen) atoms. The Balaban J connectivity index is 1.49. The Hall–Kier alpha value is -2.91. The van der Waals surface area contributed by atoms with E-state index in [-0.39, 0.29) is 28.0 Å². The van der Waals surface area contributed by atoms with Crippen LogP contribution in [0.15, 0.2) is 76.5 Å². The topological polar surface area (TPSA) is 75.3 Å². The van der Waals surface area contributed by atoms with Gasteiger partial charge in [0.1, 0.15) is 11.6 Å². The molecule has 1 unspecified atom stereocenters. The normalized spacial score (nSPS) is 15.7. The molecule has 4 rings (SSSR count). The van der Waals surface area contributed by atoms with Crippen LogP contribution in [-0.4, -0.2) is 20.1 Å². The number of hydrogen-bond donors (Lipinski definition) is 2. The number of sulfonamides is 1. The Morgan fingerprint density at radius 1 is 1.00 bits per heavy atom. The highest BCUT2D eigenvalue weighted by Gasteiger charge is 2.24. The molecule has 5 nitrogen and oxygen atoms in total. The van der Waals surface area contributed by atoms with E-state index in [1.54, 1.807) is 17.8 Å². The maximum Gasteiger partial charge on any atom is 0.261 e. The van der Waals surface area contributed by atoms with Crippen LogP contribution >= 0.6 is 11.8 Å². The Kier molecular flexibility index (Phi) is 5.97. The molecule has 1 atom stereocenters. The van der Waals surface area contributed by atoms with Gasteiger partial charge in [0, 0.05) is 16.2 Å². The predicted octanol–water partition coefficient (Wildman–Crippen LogP) is 4.73. The number of thioether (sulfide) groups is 1. The van der Waals surface area contributed by atoms with Crippen LogP contribution in [0.3, 0.4) is 0 Å². The van der Waals surface area contributed by atoms with E-state index in [1.165, 1.54) is 54.6 Å². The second kappa shape index (κ2) is 8.68. The second-order valence-electron chi connectivity index (χ2n) is 6.96. The summed E-state index contributed by atoms with van der Waals surface area (Å²) in [6.07, 6.45) is 0.659. The molecule has 9 heteroatoms. The third-order valence-corrected chi connectivity index (χ3v) is 7.37. The van der Waals surface area contributed by atoms with Crippen molar-refractivity contribution in [1.82, 2.24) is 5.32 Å². The van der Waals surface area contributed by atoms with Crippen molar-refractivity contribution >= 4 is 33.4 Å². The van der Waals surface area contributed by atoms with E-state index in [0.29, 0.717) is 6.42 Å². The maximum absolute atomic E-state index is 13.8. The van der Waals surface area contributed by atoms with E-state index in [4.69, 9.17) is 0 Å². The molecule has 0 aromatic heterocycles. The number of rotatable bonds is 5. The minimum atomic E-state index is -4.02. The van der Waals surface area contributed by atoms with Gasteiger partial charge in [-0.1, -0.05) is 12.1 Å². The van der Waals surface area contributed by atoms with Crippen molar-refractivity contribution < 1.29 is 22.0 Å². The van der Waals surface area contributed by atoms with Crippen molar-refractivity contribution in [1.29, 1.82) is 0 Å². The average molecular weight is 461 g/mol. The summed E-state index contributed by atoms with van der Waals surface area (Å²) in [6.45, 7) is 0.